The summed E-state index contributed by atoms with van der Waals surface area (Å²) in [6.07, 6.45) is 4.41. The van der Waals surface area contributed by atoms with E-state index in [0.717, 1.165) is 24.0 Å². The Labute approximate surface area is 218 Å². The minimum Gasteiger partial charge on any atom is -0.352 e. The van der Waals surface area contributed by atoms with E-state index < -0.39 is 24.0 Å². The molecule has 3 amide bonds. The van der Waals surface area contributed by atoms with Crippen LogP contribution in [0, 0.1) is 11.8 Å². The molecule has 2 saturated heterocycles. The normalized spacial score (nSPS) is 28.9. The van der Waals surface area contributed by atoms with Crippen molar-refractivity contribution < 1.29 is 19.2 Å². The number of carbonyl (C=O) groups excluding carboxylic acids is 4. The highest BCUT2D eigenvalue weighted by Crippen LogP contribution is 2.36. The van der Waals surface area contributed by atoms with Crippen LogP contribution in [0.1, 0.15) is 49.7 Å². The Kier molecular flexibility index (Phi) is 7.68. The van der Waals surface area contributed by atoms with Crippen molar-refractivity contribution in [1.29, 1.82) is 0 Å². The summed E-state index contributed by atoms with van der Waals surface area (Å²) in [7, 11) is 0. The summed E-state index contributed by atoms with van der Waals surface area (Å²) < 4.78 is 0. The highest BCUT2D eigenvalue weighted by molar-refractivity contribution is 5.97. The second-order valence-electron chi connectivity index (χ2n) is 10.6. The second-order valence-corrected chi connectivity index (χ2v) is 10.6. The molecule has 194 valence electrons. The molecule has 7 heteroatoms. The van der Waals surface area contributed by atoms with Gasteiger partial charge in [-0.3, -0.25) is 19.2 Å². The van der Waals surface area contributed by atoms with Gasteiger partial charge in [-0.05, 0) is 43.2 Å². The van der Waals surface area contributed by atoms with Crippen LogP contribution in [-0.2, 0) is 32.0 Å². The molecule has 3 aliphatic rings. The number of Topliss-reactive ketones (excluding diaryl/α,β-unsaturated/α-hetero) is 1. The number of rotatable bonds is 4. The Morgan fingerprint density at radius 3 is 2.08 bits per heavy atom. The number of nitrogens with zero attached hydrogens (tertiary/aromatic N) is 1. The average Bonchev–Trinajstić information content (AvgIpc) is 3.59. The molecule has 5 atom stereocenters. The van der Waals surface area contributed by atoms with Gasteiger partial charge in [0.2, 0.25) is 17.7 Å². The second kappa shape index (κ2) is 11.3. The van der Waals surface area contributed by atoms with Crippen molar-refractivity contribution in [3.05, 3.63) is 71.8 Å². The Morgan fingerprint density at radius 2 is 1.38 bits per heavy atom. The van der Waals surface area contributed by atoms with Gasteiger partial charge in [0.15, 0.2) is 5.78 Å². The maximum Gasteiger partial charge on any atom is 0.246 e. The quantitative estimate of drug-likeness (QED) is 0.674. The van der Waals surface area contributed by atoms with E-state index in [1.165, 1.54) is 0 Å². The lowest BCUT2D eigenvalue weighted by Crippen LogP contribution is -2.53. The molecule has 2 N–H and O–H groups in total. The van der Waals surface area contributed by atoms with Crippen molar-refractivity contribution in [2.75, 3.05) is 6.54 Å². The molecule has 5 rings (SSSR count). The Bertz CT molecular complexity index is 1140. The fourth-order valence-corrected chi connectivity index (χ4v) is 6.30. The number of hydrogen-bond donors (Lipinski definition) is 2. The van der Waals surface area contributed by atoms with Crippen LogP contribution in [-0.4, -0.2) is 53.1 Å². The Morgan fingerprint density at radius 1 is 0.730 bits per heavy atom. The summed E-state index contributed by atoms with van der Waals surface area (Å²) in [6.45, 7) is 0.497. The van der Waals surface area contributed by atoms with Gasteiger partial charge in [0, 0.05) is 37.3 Å². The van der Waals surface area contributed by atoms with E-state index in [9.17, 15) is 19.2 Å². The van der Waals surface area contributed by atoms with Gasteiger partial charge in [0.05, 0.1) is 6.04 Å². The third-order valence-electron chi connectivity index (χ3n) is 8.10. The summed E-state index contributed by atoms with van der Waals surface area (Å²) in [5.74, 6) is -1.42. The first-order chi connectivity index (χ1) is 18.0. The van der Waals surface area contributed by atoms with Crippen molar-refractivity contribution in [1.82, 2.24) is 15.5 Å². The van der Waals surface area contributed by atoms with Crippen LogP contribution in [0.3, 0.4) is 0 Å². The maximum absolute atomic E-state index is 13.8. The van der Waals surface area contributed by atoms with E-state index in [4.69, 9.17) is 0 Å². The largest absolute Gasteiger partial charge is 0.352 e. The number of amides is 3. The number of benzene rings is 2. The van der Waals surface area contributed by atoms with Crippen molar-refractivity contribution >= 4 is 23.5 Å². The zero-order valence-corrected chi connectivity index (χ0v) is 21.1. The number of hydrogen-bond acceptors (Lipinski definition) is 4. The third-order valence-corrected chi connectivity index (χ3v) is 8.10. The van der Waals surface area contributed by atoms with Crippen molar-refractivity contribution in [2.24, 2.45) is 11.8 Å². The summed E-state index contributed by atoms with van der Waals surface area (Å²) in [5.41, 5.74) is 1.96. The van der Waals surface area contributed by atoms with Gasteiger partial charge in [-0.25, -0.2) is 0 Å². The molecule has 0 aromatic heterocycles. The lowest BCUT2D eigenvalue weighted by molar-refractivity contribution is -0.142. The minimum absolute atomic E-state index is 0.00661. The van der Waals surface area contributed by atoms with Gasteiger partial charge >= 0.3 is 0 Å². The van der Waals surface area contributed by atoms with E-state index in [2.05, 4.69) is 10.6 Å². The molecule has 2 aromatic carbocycles. The predicted octanol–water partition coefficient (Wildman–Crippen LogP) is 2.82. The maximum atomic E-state index is 13.8. The molecule has 7 nitrogen and oxygen atoms in total. The van der Waals surface area contributed by atoms with Crippen LogP contribution < -0.4 is 10.6 Å². The number of fused-ring (bicyclic) bond motifs is 2. The zero-order valence-electron chi connectivity index (χ0n) is 21.1. The van der Waals surface area contributed by atoms with Crippen LogP contribution in [0.2, 0.25) is 0 Å². The first kappa shape index (κ1) is 25.2. The van der Waals surface area contributed by atoms with Gasteiger partial charge in [-0.2, -0.15) is 0 Å². The Balaban J connectivity index is 1.46. The van der Waals surface area contributed by atoms with Crippen molar-refractivity contribution in [2.45, 2.75) is 69.5 Å². The first-order valence-electron chi connectivity index (χ1n) is 13.5. The van der Waals surface area contributed by atoms with Crippen LogP contribution >= 0.6 is 0 Å². The Hall–Kier alpha value is -3.48. The molecule has 0 radical (unpaired) electrons. The molecule has 1 saturated carbocycles. The molecular weight excluding hydrogens is 466 g/mol. The minimum atomic E-state index is -0.767. The topological polar surface area (TPSA) is 95.6 Å². The predicted molar refractivity (Wildman–Crippen MR) is 139 cm³/mol. The van der Waals surface area contributed by atoms with E-state index in [1.54, 1.807) is 4.90 Å². The van der Waals surface area contributed by atoms with Crippen LogP contribution in [0.5, 0.6) is 0 Å². The molecule has 0 spiro atoms. The van der Waals surface area contributed by atoms with E-state index in [0.29, 0.717) is 38.6 Å². The number of carbonyl (C=O) groups is 4. The van der Waals surface area contributed by atoms with E-state index >= 15 is 0 Å². The summed E-state index contributed by atoms with van der Waals surface area (Å²) in [5, 5.41) is 6.08. The van der Waals surface area contributed by atoms with Crippen LogP contribution in [0.15, 0.2) is 60.7 Å². The van der Waals surface area contributed by atoms with Crippen LogP contribution in [0.4, 0.5) is 0 Å². The van der Waals surface area contributed by atoms with Crippen molar-refractivity contribution in [3.63, 3.8) is 0 Å². The summed E-state index contributed by atoms with van der Waals surface area (Å²) in [6, 6.07) is 17.6. The molecule has 0 bridgehead atoms. The summed E-state index contributed by atoms with van der Waals surface area (Å²) >= 11 is 0. The summed E-state index contributed by atoms with van der Waals surface area (Å²) in [4.78, 5) is 56.0. The molecular formula is C30H35N3O4. The third kappa shape index (κ3) is 5.76. The molecule has 2 heterocycles. The van der Waals surface area contributed by atoms with Gasteiger partial charge in [-0.15, -0.1) is 0 Å². The molecule has 3 fully saturated rings. The highest BCUT2D eigenvalue weighted by atomic mass is 16.2. The lowest BCUT2D eigenvalue weighted by Gasteiger charge is -2.30. The average molecular weight is 502 g/mol. The SMILES string of the molecule is O=C1C[C@H](Cc2ccccc2)NC(=O)[C@@H]2CCCC2C(=O)[C@@H]2CCCN2C(=O)[C@@H](Cc2ccccc2)N1. The van der Waals surface area contributed by atoms with E-state index in [1.807, 2.05) is 60.7 Å². The number of ketones is 1. The van der Waals surface area contributed by atoms with Gasteiger partial charge in [-0.1, -0.05) is 67.1 Å². The molecule has 2 aliphatic heterocycles. The lowest BCUT2D eigenvalue weighted by atomic mass is 9.86. The molecule has 2 aromatic rings. The zero-order chi connectivity index (χ0) is 25.8. The highest BCUT2D eigenvalue weighted by Gasteiger charge is 2.45. The van der Waals surface area contributed by atoms with Gasteiger partial charge in [0.25, 0.3) is 0 Å². The van der Waals surface area contributed by atoms with Gasteiger partial charge < -0.3 is 15.5 Å². The van der Waals surface area contributed by atoms with Gasteiger partial charge in [0.1, 0.15) is 6.04 Å². The molecule has 37 heavy (non-hydrogen) atoms. The molecule has 1 aliphatic carbocycles. The standard InChI is InChI=1S/C30H35N3O4/c34-27-19-22(17-20-9-3-1-4-10-20)31-29(36)24-14-7-13-23(24)28(35)26-15-8-16-33(26)30(37)25(32-27)18-21-11-5-2-6-12-21/h1-6,9-12,22-26H,7-8,13-19H2,(H,31,36)(H,32,34)/t22-,23?,24+,25+,26-/m0/s1. The van der Waals surface area contributed by atoms with Crippen LogP contribution in [0.25, 0.3) is 0 Å². The monoisotopic (exact) mass is 501 g/mol. The fraction of sp³-hybridized carbons (Fsp3) is 0.467. The smallest absolute Gasteiger partial charge is 0.246 e. The number of nitrogens with one attached hydrogen (secondary N) is 2. The fourth-order valence-electron chi connectivity index (χ4n) is 6.30. The van der Waals surface area contributed by atoms with E-state index in [-0.39, 0.29) is 35.8 Å². The first-order valence-corrected chi connectivity index (χ1v) is 13.5. The van der Waals surface area contributed by atoms with Crippen molar-refractivity contribution in [3.8, 4) is 0 Å². The molecule has 1 unspecified atom stereocenters.